The molecule has 0 saturated carbocycles. The molecule has 0 radical (unpaired) electrons. The number of nitrogens with one attached hydrogen (secondary N) is 1. The minimum Gasteiger partial charge on any atom is -0.477 e. The number of carboxylic acid groups (broad SMARTS) is 1. The second-order valence-corrected chi connectivity index (χ2v) is 8.30. The number of thiophene rings is 1. The molecule has 0 bridgehead atoms. The molecule has 1 atom stereocenters. The predicted molar refractivity (Wildman–Crippen MR) is 106 cm³/mol. The molecule has 2 aromatic carbocycles. The highest BCUT2D eigenvalue weighted by Gasteiger charge is 2.35. The highest BCUT2D eigenvalue weighted by Crippen LogP contribution is 2.50. The van der Waals surface area contributed by atoms with Crippen LogP contribution in [0.1, 0.15) is 32.5 Å². The van der Waals surface area contributed by atoms with Crippen molar-refractivity contribution in [3.63, 3.8) is 0 Å². The van der Waals surface area contributed by atoms with Crippen LogP contribution in [0.4, 0.5) is 14.5 Å². The average molecular weight is 464 g/mol. The van der Waals surface area contributed by atoms with Gasteiger partial charge in [-0.2, -0.15) is 0 Å². The molecule has 1 aliphatic rings. The zero-order chi connectivity index (χ0) is 20.0. The second kappa shape index (κ2) is 7.10. The monoisotopic (exact) mass is 463 g/mol. The first-order valence-electron chi connectivity index (χ1n) is 8.26. The molecule has 0 unspecified atom stereocenters. The maximum atomic E-state index is 14.5. The zero-order valence-electron chi connectivity index (χ0n) is 14.1. The van der Waals surface area contributed by atoms with Gasteiger partial charge in [0.15, 0.2) is 0 Å². The lowest BCUT2D eigenvalue weighted by Crippen LogP contribution is -2.23. The molecular weight excluding hydrogens is 452 g/mol. The highest BCUT2D eigenvalue weighted by atomic mass is 79.9. The molecule has 142 valence electrons. The SMILES string of the molecule is O=C1C[C@@H](c2cc(Br)ccc2F)c2sc(C(=O)O)c(-c3cccc(F)c3)c2N1. The summed E-state index contributed by atoms with van der Waals surface area (Å²) in [4.78, 5) is 24.7. The fourth-order valence-corrected chi connectivity index (χ4v) is 5.01. The third-order valence-corrected chi connectivity index (χ3v) is 6.33. The van der Waals surface area contributed by atoms with Crippen molar-refractivity contribution in [2.75, 3.05) is 5.32 Å². The van der Waals surface area contributed by atoms with E-state index in [4.69, 9.17) is 0 Å². The third kappa shape index (κ3) is 3.22. The van der Waals surface area contributed by atoms with Gasteiger partial charge in [0.1, 0.15) is 16.5 Å². The van der Waals surface area contributed by atoms with E-state index in [9.17, 15) is 23.5 Å². The number of halogens is 3. The van der Waals surface area contributed by atoms with Gasteiger partial charge in [0.2, 0.25) is 5.91 Å². The highest BCUT2D eigenvalue weighted by molar-refractivity contribution is 9.10. The Hall–Kier alpha value is -2.58. The van der Waals surface area contributed by atoms with E-state index >= 15 is 0 Å². The van der Waals surface area contributed by atoms with Gasteiger partial charge in [-0.3, -0.25) is 4.79 Å². The molecule has 2 N–H and O–H groups in total. The second-order valence-electron chi connectivity index (χ2n) is 6.33. The summed E-state index contributed by atoms with van der Waals surface area (Å²) in [7, 11) is 0. The van der Waals surface area contributed by atoms with Crippen molar-refractivity contribution >= 4 is 44.8 Å². The number of carbonyl (C=O) groups excluding carboxylic acids is 1. The zero-order valence-corrected chi connectivity index (χ0v) is 16.5. The van der Waals surface area contributed by atoms with E-state index in [1.54, 1.807) is 18.2 Å². The Balaban J connectivity index is 1.98. The van der Waals surface area contributed by atoms with Gasteiger partial charge in [0, 0.05) is 27.3 Å². The Kier molecular flexibility index (Phi) is 4.76. The maximum absolute atomic E-state index is 14.5. The van der Waals surface area contributed by atoms with E-state index in [-0.39, 0.29) is 22.8 Å². The normalized spacial score (nSPS) is 15.8. The van der Waals surface area contributed by atoms with Gasteiger partial charge in [0.05, 0.1) is 5.69 Å². The Morgan fingerprint density at radius 2 is 2.00 bits per heavy atom. The summed E-state index contributed by atoms with van der Waals surface area (Å²) >= 11 is 4.28. The van der Waals surface area contributed by atoms with Crippen LogP contribution in [0.2, 0.25) is 0 Å². The van der Waals surface area contributed by atoms with Crippen molar-refractivity contribution < 1.29 is 23.5 Å². The van der Waals surface area contributed by atoms with Crippen LogP contribution in [0.15, 0.2) is 46.9 Å². The van der Waals surface area contributed by atoms with Crippen LogP contribution < -0.4 is 5.32 Å². The fraction of sp³-hybridized carbons (Fsp3) is 0.100. The molecule has 2 heterocycles. The molecule has 8 heteroatoms. The van der Waals surface area contributed by atoms with Gasteiger partial charge in [0.25, 0.3) is 0 Å². The van der Waals surface area contributed by atoms with Crippen LogP contribution >= 0.6 is 27.3 Å². The molecule has 4 rings (SSSR count). The molecule has 28 heavy (non-hydrogen) atoms. The number of anilines is 1. The summed E-state index contributed by atoms with van der Waals surface area (Å²) in [6.07, 6.45) is -0.0114. The molecule has 0 saturated heterocycles. The summed E-state index contributed by atoms with van der Waals surface area (Å²) in [5.74, 6) is -3.19. The van der Waals surface area contributed by atoms with Crippen LogP contribution in [-0.4, -0.2) is 17.0 Å². The van der Waals surface area contributed by atoms with Crippen molar-refractivity contribution in [1.82, 2.24) is 0 Å². The number of benzene rings is 2. The number of hydrogen-bond donors (Lipinski definition) is 2. The fourth-order valence-electron chi connectivity index (χ4n) is 3.39. The van der Waals surface area contributed by atoms with Gasteiger partial charge < -0.3 is 10.4 Å². The summed E-state index contributed by atoms with van der Waals surface area (Å²) in [6, 6.07) is 9.95. The minimum atomic E-state index is -1.19. The number of amides is 1. The van der Waals surface area contributed by atoms with Crippen LogP contribution in [0.3, 0.4) is 0 Å². The van der Waals surface area contributed by atoms with Crippen LogP contribution in [-0.2, 0) is 4.79 Å². The molecule has 0 aliphatic carbocycles. The quantitative estimate of drug-likeness (QED) is 0.528. The lowest BCUT2D eigenvalue weighted by molar-refractivity contribution is -0.116. The van der Waals surface area contributed by atoms with Crippen molar-refractivity contribution in [1.29, 1.82) is 0 Å². The number of fused-ring (bicyclic) bond motifs is 1. The summed E-state index contributed by atoms with van der Waals surface area (Å²) in [5.41, 5.74) is 1.18. The van der Waals surface area contributed by atoms with Crippen molar-refractivity contribution in [2.45, 2.75) is 12.3 Å². The predicted octanol–water partition coefficient (Wildman–Crippen LogP) is 5.63. The molecule has 1 aromatic heterocycles. The van der Waals surface area contributed by atoms with Crippen molar-refractivity contribution in [3.8, 4) is 11.1 Å². The first-order valence-corrected chi connectivity index (χ1v) is 9.87. The molecule has 3 aromatic rings. The van der Waals surface area contributed by atoms with Crippen LogP contribution in [0.5, 0.6) is 0 Å². The van der Waals surface area contributed by atoms with Crippen LogP contribution in [0, 0.1) is 11.6 Å². The topological polar surface area (TPSA) is 66.4 Å². The number of hydrogen-bond acceptors (Lipinski definition) is 3. The minimum absolute atomic E-state index is 0.0114. The summed E-state index contributed by atoms with van der Waals surface area (Å²) in [6.45, 7) is 0. The van der Waals surface area contributed by atoms with Gasteiger partial charge >= 0.3 is 5.97 Å². The first kappa shape index (κ1) is 18.8. The number of rotatable bonds is 3. The summed E-state index contributed by atoms with van der Waals surface area (Å²) < 4.78 is 28.9. The Morgan fingerprint density at radius 1 is 1.21 bits per heavy atom. The molecule has 1 aliphatic heterocycles. The Morgan fingerprint density at radius 3 is 2.71 bits per heavy atom. The van der Waals surface area contributed by atoms with Crippen molar-refractivity contribution in [2.24, 2.45) is 0 Å². The van der Waals surface area contributed by atoms with Gasteiger partial charge in [-0.1, -0.05) is 28.1 Å². The molecule has 4 nitrogen and oxygen atoms in total. The number of carboxylic acids is 1. The first-order chi connectivity index (χ1) is 13.3. The smallest absolute Gasteiger partial charge is 0.346 e. The lowest BCUT2D eigenvalue weighted by atomic mass is 9.88. The maximum Gasteiger partial charge on any atom is 0.346 e. The lowest BCUT2D eigenvalue weighted by Gasteiger charge is -2.24. The Bertz CT molecular complexity index is 1130. The third-order valence-electron chi connectivity index (χ3n) is 4.55. The average Bonchev–Trinajstić information content (AvgIpc) is 3.02. The van der Waals surface area contributed by atoms with E-state index in [0.717, 1.165) is 11.3 Å². The molecule has 0 spiro atoms. The standard InChI is InChI=1S/C20H12BrF2NO3S/c21-10-4-5-14(23)12(7-10)13-8-15(25)24-17-16(9-2-1-3-11(22)6-9)19(20(26)27)28-18(13)17/h1-7,13H,8H2,(H,24,25)(H,26,27)/t13-/m0/s1. The largest absolute Gasteiger partial charge is 0.477 e. The van der Waals surface area contributed by atoms with Crippen molar-refractivity contribution in [3.05, 3.63) is 73.9 Å². The molecular formula is C20H12BrF2NO3S. The summed E-state index contributed by atoms with van der Waals surface area (Å²) in [5, 5.41) is 12.4. The van der Waals surface area contributed by atoms with E-state index in [0.29, 0.717) is 26.2 Å². The Labute approximate surface area is 171 Å². The van der Waals surface area contributed by atoms with E-state index in [2.05, 4.69) is 21.2 Å². The van der Waals surface area contributed by atoms with Gasteiger partial charge in [-0.05, 0) is 41.5 Å². The molecule has 0 fully saturated rings. The van der Waals surface area contributed by atoms with Gasteiger partial charge in [-0.25, -0.2) is 13.6 Å². The van der Waals surface area contributed by atoms with Crippen LogP contribution in [0.25, 0.3) is 11.1 Å². The number of aromatic carboxylic acids is 1. The van der Waals surface area contributed by atoms with Gasteiger partial charge in [-0.15, -0.1) is 11.3 Å². The number of carbonyl (C=O) groups is 2. The van der Waals surface area contributed by atoms with E-state index in [1.807, 2.05) is 0 Å². The van der Waals surface area contributed by atoms with E-state index < -0.39 is 23.5 Å². The van der Waals surface area contributed by atoms with E-state index in [1.165, 1.54) is 24.3 Å². The molecule has 1 amide bonds.